The smallest absolute Gasteiger partial charge is 0.281 e. The third-order valence-electron chi connectivity index (χ3n) is 4.84. The zero-order valence-corrected chi connectivity index (χ0v) is 16.3. The van der Waals surface area contributed by atoms with Gasteiger partial charge in [-0.15, -0.1) is 5.10 Å². The van der Waals surface area contributed by atoms with Gasteiger partial charge in [0.25, 0.3) is 5.91 Å². The molecule has 0 bridgehead atoms. The molecule has 29 heavy (non-hydrogen) atoms. The molecule has 3 aromatic carbocycles. The maximum absolute atomic E-state index is 12.8. The van der Waals surface area contributed by atoms with Crippen LogP contribution in [0.5, 0.6) is 0 Å². The van der Waals surface area contributed by atoms with Crippen LogP contribution >= 0.6 is 11.8 Å². The largest absolute Gasteiger partial charge is 0.339 e. The van der Waals surface area contributed by atoms with Gasteiger partial charge in [0, 0.05) is 28.3 Å². The second kappa shape index (κ2) is 7.52. The van der Waals surface area contributed by atoms with Gasteiger partial charge in [0.05, 0.1) is 11.4 Å². The van der Waals surface area contributed by atoms with Crippen LogP contribution in [0, 0.1) is 0 Å². The molecule has 1 aliphatic heterocycles. The van der Waals surface area contributed by atoms with Crippen molar-refractivity contribution in [1.29, 1.82) is 0 Å². The van der Waals surface area contributed by atoms with E-state index in [1.54, 1.807) is 23.9 Å². The molecule has 5 rings (SSSR count). The number of tetrazole rings is 1. The number of carbonyl (C=O) groups is 1. The molecule has 2 heterocycles. The van der Waals surface area contributed by atoms with E-state index >= 15 is 0 Å². The standard InChI is InChI=1S/C22H17N5OS/c28-22(16-8-2-1-3-9-16)27-21(23-24-25-27)14-15-26-17-10-4-6-12-19(17)29-20-13-7-5-11-18(20)26/h1-13H,14-15H2. The highest BCUT2D eigenvalue weighted by molar-refractivity contribution is 7.99. The Morgan fingerprint density at radius 3 is 2.14 bits per heavy atom. The number of benzene rings is 3. The van der Waals surface area contributed by atoms with Crippen LogP contribution in [-0.4, -0.2) is 32.7 Å². The van der Waals surface area contributed by atoms with Crippen molar-refractivity contribution in [2.45, 2.75) is 16.2 Å². The Balaban J connectivity index is 1.44. The molecule has 0 aliphatic carbocycles. The molecule has 1 aromatic heterocycles. The summed E-state index contributed by atoms with van der Waals surface area (Å²) >= 11 is 1.77. The number of carbonyl (C=O) groups excluding carboxylic acids is 1. The Kier molecular flexibility index (Phi) is 4.57. The van der Waals surface area contributed by atoms with E-state index < -0.39 is 0 Å². The third kappa shape index (κ3) is 3.30. The predicted molar refractivity (Wildman–Crippen MR) is 112 cm³/mol. The van der Waals surface area contributed by atoms with Crippen molar-refractivity contribution < 1.29 is 4.79 Å². The van der Waals surface area contributed by atoms with Crippen LogP contribution in [0.3, 0.4) is 0 Å². The summed E-state index contributed by atoms with van der Waals surface area (Å²) in [6.07, 6.45) is 0.541. The molecule has 0 fully saturated rings. The molecule has 0 amide bonds. The highest BCUT2D eigenvalue weighted by Gasteiger charge is 2.24. The van der Waals surface area contributed by atoms with E-state index in [4.69, 9.17) is 0 Å². The Labute approximate surface area is 172 Å². The van der Waals surface area contributed by atoms with E-state index in [1.807, 2.05) is 30.3 Å². The molecule has 0 spiro atoms. The number of anilines is 2. The van der Waals surface area contributed by atoms with Gasteiger partial charge in [-0.1, -0.05) is 54.2 Å². The molecule has 142 valence electrons. The van der Waals surface area contributed by atoms with Gasteiger partial charge in [-0.3, -0.25) is 4.79 Å². The molecule has 6 nitrogen and oxygen atoms in total. The number of fused-ring (bicyclic) bond motifs is 2. The fraction of sp³-hybridized carbons (Fsp3) is 0.0909. The fourth-order valence-corrected chi connectivity index (χ4v) is 4.55. The molecule has 0 saturated carbocycles. The summed E-state index contributed by atoms with van der Waals surface area (Å²) in [6.45, 7) is 0.664. The summed E-state index contributed by atoms with van der Waals surface area (Å²) in [5, 5.41) is 11.8. The van der Waals surface area contributed by atoms with E-state index in [0.717, 1.165) is 11.4 Å². The van der Waals surface area contributed by atoms with E-state index in [0.29, 0.717) is 24.4 Å². The van der Waals surface area contributed by atoms with Gasteiger partial charge in [-0.2, -0.15) is 4.68 Å². The van der Waals surface area contributed by atoms with Gasteiger partial charge in [-0.25, -0.2) is 0 Å². The van der Waals surface area contributed by atoms with Crippen molar-refractivity contribution in [3.8, 4) is 0 Å². The van der Waals surface area contributed by atoms with Gasteiger partial charge in [-0.05, 0) is 46.8 Å². The monoisotopic (exact) mass is 399 g/mol. The summed E-state index contributed by atoms with van der Waals surface area (Å²) in [4.78, 5) is 17.5. The molecule has 0 N–H and O–H groups in total. The SMILES string of the molecule is O=C(c1ccccc1)n1nnnc1CCN1c2ccccc2Sc2ccccc21. The van der Waals surface area contributed by atoms with Crippen LogP contribution < -0.4 is 4.90 Å². The number of hydrogen-bond donors (Lipinski definition) is 0. The molecular formula is C22H17N5OS. The number of rotatable bonds is 4. The lowest BCUT2D eigenvalue weighted by atomic mass is 10.2. The number of nitrogens with zero attached hydrogens (tertiary/aromatic N) is 5. The van der Waals surface area contributed by atoms with Crippen LogP contribution in [0.15, 0.2) is 88.7 Å². The fourth-order valence-electron chi connectivity index (χ4n) is 3.46. The van der Waals surface area contributed by atoms with Crippen molar-refractivity contribution in [2.75, 3.05) is 11.4 Å². The molecule has 0 atom stereocenters. The Morgan fingerprint density at radius 1 is 0.828 bits per heavy atom. The lowest BCUT2D eigenvalue weighted by Gasteiger charge is -2.32. The molecule has 0 radical (unpaired) electrons. The first-order valence-electron chi connectivity index (χ1n) is 9.32. The molecule has 4 aromatic rings. The average molecular weight is 399 g/mol. The first kappa shape index (κ1) is 17.6. The van der Waals surface area contributed by atoms with E-state index in [9.17, 15) is 4.79 Å². The zero-order chi connectivity index (χ0) is 19.6. The van der Waals surface area contributed by atoms with Crippen LogP contribution in [0.2, 0.25) is 0 Å². The maximum Gasteiger partial charge on any atom is 0.281 e. The quantitative estimate of drug-likeness (QED) is 0.479. The van der Waals surface area contributed by atoms with Crippen LogP contribution in [0.25, 0.3) is 0 Å². The Morgan fingerprint density at radius 2 is 1.45 bits per heavy atom. The summed E-state index contributed by atoms with van der Waals surface area (Å²) in [5.41, 5.74) is 2.88. The summed E-state index contributed by atoms with van der Waals surface area (Å²) < 4.78 is 1.30. The second-order valence-corrected chi connectivity index (χ2v) is 7.70. The molecule has 0 saturated heterocycles. The highest BCUT2D eigenvalue weighted by atomic mass is 32.2. The maximum atomic E-state index is 12.8. The van der Waals surface area contributed by atoms with Crippen molar-refractivity contribution >= 4 is 29.0 Å². The lowest BCUT2D eigenvalue weighted by Crippen LogP contribution is -2.25. The van der Waals surface area contributed by atoms with Crippen LogP contribution in [-0.2, 0) is 6.42 Å². The summed E-state index contributed by atoms with van der Waals surface area (Å²) in [6, 6.07) is 25.8. The highest BCUT2D eigenvalue weighted by Crippen LogP contribution is 2.47. The molecule has 1 aliphatic rings. The molecule has 7 heteroatoms. The first-order valence-corrected chi connectivity index (χ1v) is 10.1. The predicted octanol–water partition coefficient (Wildman–Crippen LogP) is 4.21. The molecular weight excluding hydrogens is 382 g/mol. The molecule has 0 unspecified atom stereocenters. The minimum Gasteiger partial charge on any atom is -0.339 e. The van der Waals surface area contributed by atoms with Gasteiger partial charge in [0.1, 0.15) is 0 Å². The van der Waals surface area contributed by atoms with Crippen LogP contribution in [0.4, 0.5) is 11.4 Å². The second-order valence-electron chi connectivity index (χ2n) is 6.62. The normalized spacial score (nSPS) is 12.3. The van der Waals surface area contributed by atoms with Gasteiger partial charge >= 0.3 is 0 Å². The first-order chi connectivity index (χ1) is 14.3. The zero-order valence-electron chi connectivity index (χ0n) is 15.5. The number of hydrogen-bond acceptors (Lipinski definition) is 6. The summed E-state index contributed by atoms with van der Waals surface area (Å²) in [5.74, 6) is 0.327. The number of aromatic nitrogens is 4. The number of para-hydroxylation sites is 2. The Bertz CT molecular complexity index is 1130. The minimum absolute atomic E-state index is 0.222. The average Bonchev–Trinajstić information content (AvgIpc) is 3.25. The summed E-state index contributed by atoms with van der Waals surface area (Å²) in [7, 11) is 0. The van der Waals surface area contributed by atoms with Crippen molar-refractivity contribution in [3.05, 3.63) is 90.3 Å². The van der Waals surface area contributed by atoms with Gasteiger partial charge < -0.3 is 4.90 Å². The van der Waals surface area contributed by atoms with Crippen LogP contribution in [0.1, 0.15) is 16.2 Å². The minimum atomic E-state index is -0.222. The van der Waals surface area contributed by atoms with Gasteiger partial charge in [0.2, 0.25) is 0 Å². The van der Waals surface area contributed by atoms with Crippen molar-refractivity contribution in [2.24, 2.45) is 0 Å². The Hall–Kier alpha value is -3.45. The third-order valence-corrected chi connectivity index (χ3v) is 5.97. The van der Waals surface area contributed by atoms with Gasteiger partial charge in [0.15, 0.2) is 5.82 Å². The lowest BCUT2D eigenvalue weighted by molar-refractivity contribution is 0.0939. The van der Waals surface area contributed by atoms with Crippen molar-refractivity contribution in [1.82, 2.24) is 20.2 Å². The topological polar surface area (TPSA) is 63.9 Å². The van der Waals surface area contributed by atoms with Crippen molar-refractivity contribution in [3.63, 3.8) is 0 Å². The van der Waals surface area contributed by atoms with E-state index in [-0.39, 0.29) is 5.91 Å². The van der Waals surface area contributed by atoms with E-state index in [2.05, 4.69) is 56.8 Å². The van der Waals surface area contributed by atoms with E-state index in [1.165, 1.54) is 14.5 Å².